The molecule has 0 N–H and O–H groups in total. The van der Waals surface area contributed by atoms with Crippen LogP contribution in [0.15, 0.2) is 42.5 Å². The summed E-state index contributed by atoms with van der Waals surface area (Å²) in [4.78, 5) is 13.5. The van der Waals surface area contributed by atoms with Crippen molar-refractivity contribution in [1.82, 2.24) is 4.90 Å². The molecule has 0 radical (unpaired) electrons. The molecule has 1 heterocycles. The van der Waals surface area contributed by atoms with Gasteiger partial charge in [0, 0.05) is 24.0 Å². The number of esters is 1. The third-order valence-electron chi connectivity index (χ3n) is 5.87. The van der Waals surface area contributed by atoms with Crippen molar-refractivity contribution in [3.63, 3.8) is 0 Å². The van der Waals surface area contributed by atoms with Gasteiger partial charge in [0.25, 0.3) is 0 Å². The van der Waals surface area contributed by atoms with Gasteiger partial charge in [-0.3, -0.25) is 9.69 Å². The molecule has 0 bridgehead atoms. The smallest absolute Gasteiger partial charge is 0.416 e. The minimum Gasteiger partial charge on any atom is -0.469 e. The first-order chi connectivity index (χ1) is 15.4. The summed E-state index contributed by atoms with van der Waals surface area (Å²) in [5, 5.41) is 0.157. The summed E-state index contributed by atoms with van der Waals surface area (Å²) in [7, 11) is 1.27. The highest BCUT2D eigenvalue weighted by Gasteiger charge is 2.37. The van der Waals surface area contributed by atoms with Gasteiger partial charge < -0.3 is 4.74 Å². The van der Waals surface area contributed by atoms with Gasteiger partial charge in [-0.2, -0.15) is 26.3 Å². The molecule has 0 spiro atoms. The Balaban J connectivity index is 1.93. The number of hydrogen-bond donors (Lipinski definition) is 0. The van der Waals surface area contributed by atoms with Crippen molar-refractivity contribution in [2.24, 2.45) is 5.92 Å². The van der Waals surface area contributed by atoms with Crippen molar-refractivity contribution in [2.75, 3.05) is 13.7 Å². The number of rotatable bonds is 5. The van der Waals surface area contributed by atoms with E-state index >= 15 is 0 Å². The largest absolute Gasteiger partial charge is 0.469 e. The zero-order valence-electron chi connectivity index (χ0n) is 17.6. The van der Waals surface area contributed by atoms with Crippen LogP contribution < -0.4 is 0 Å². The van der Waals surface area contributed by atoms with Crippen LogP contribution in [-0.2, 0) is 28.4 Å². The Morgan fingerprint density at radius 3 is 2.30 bits per heavy atom. The third kappa shape index (κ3) is 6.41. The number of benzene rings is 2. The SMILES string of the molecule is COC(=O)C[C@H]1CCN(Cc2cc(Cl)ccc2C(F)(F)F)[C@@H](c2ccc(C(F)(F)F)cc2)C1. The second-order valence-corrected chi connectivity index (χ2v) is 8.51. The second kappa shape index (κ2) is 9.93. The number of halogens is 7. The summed E-state index contributed by atoms with van der Waals surface area (Å²) in [5.41, 5.74) is -1.10. The Kier molecular flexibility index (Phi) is 7.63. The molecular formula is C23H22ClF6NO2. The van der Waals surface area contributed by atoms with Crippen LogP contribution >= 0.6 is 11.6 Å². The van der Waals surface area contributed by atoms with Crippen LogP contribution in [0.3, 0.4) is 0 Å². The molecule has 2 aromatic rings. The normalized spacial score (nSPS) is 20.0. The summed E-state index contributed by atoms with van der Waals surface area (Å²) >= 11 is 5.95. The minimum absolute atomic E-state index is 0.0154. The molecule has 1 fully saturated rings. The quantitative estimate of drug-likeness (QED) is 0.335. The van der Waals surface area contributed by atoms with Gasteiger partial charge in [0.2, 0.25) is 0 Å². The zero-order valence-corrected chi connectivity index (χ0v) is 18.4. The fraction of sp³-hybridized carbons (Fsp3) is 0.435. The monoisotopic (exact) mass is 493 g/mol. The van der Waals surface area contributed by atoms with Gasteiger partial charge in [-0.15, -0.1) is 0 Å². The lowest BCUT2D eigenvalue weighted by Crippen LogP contribution is -2.37. The number of likely N-dealkylation sites (tertiary alicyclic amines) is 1. The van der Waals surface area contributed by atoms with E-state index in [0.29, 0.717) is 24.9 Å². The van der Waals surface area contributed by atoms with Crippen LogP contribution in [0.25, 0.3) is 0 Å². The van der Waals surface area contributed by atoms with Crippen molar-refractivity contribution >= 4 is 17.6 Å². The van der Waals surface area contributed by atoms with Gasteiger partial charge in [0.1, 0.15) is 0 Å². The van der Waals surface area contributed by atoms with Gasteiger partial charge in [0.05, 0.1) is 18.2 Å². The maximum atomic E-state index is 13.5. The summed E-state index contributed by atoms with van der Waals surface area (Å²) in [6.45, 7) is 0.267. The van der Waals surface area contributed by atoms with Crippen molar-refractivity contribution in [2.45, 2.75) is 44.2 Å². The Hall–Kier alpha value is -2.26. The highest BCUT2D eigenvalue weighted by atomic mass is 35.5. The Labute approximate surface area is 192 Å². The summed E-state index contributed by atoms with van der Waals surface area (Å²) in [6, 6.07) is 7.46. The van der Waals surface area contributed by atoms with E-state index in [2.05, 4.69) is 0 Å². The first-order valence-electron chi connectivity index (χ1n) is 10.2. The maximum Gasteiger partial charge on any atom is 0.416 e. The molecule has 0 saturated carbocycles. The third-order valence-corrected chi connectivity index (χ3v) is 6.11. The number of ether oxygens (including phenoxy) is 1. The van der Waals surface area contributed by atoms with Crippen LogP contribution in [0.2, 0.25) is 5.02 Å². The lowest BCUT2D eigenvalue weighted by Gasteiger charge is -2.40. The molecular weight excluding hydrogens is 472 g/mol. The highest BCUT2D eigenvalue weighted by molar-refractivity contribution is 6.30. The number of carbonyl (C=O) groups is 1. The fourth-order valence-electron chi connectivity index (χ4n) is 4.21. The van der Waals surface area contributed by atoms with Crippen LogP contribution in [0.4, 0.5) is 26.3 Å². The van der Waals surface area contributed by atoms with E-state index in [4.69, 9.17) is 16.3 Å². The van der Waals surface area contributed by atoms with E-state index in [1.165, 1.54) is 31.4 Å². The van der Waals surface area contributed by atoms with Gasteiger partial charge >= 0.3 is 18.3 Å². The highest BCUT2D eigenvalue weighted by Crippen LogP contribution is 2.40. The second-order valence-electron chi connectivity index (χ2n) is 8.08. The molecule has 2 aromatic carbocycles. The van der Waals surface area contributed by atoms with Gasteiger partial charge in [0.15, 0.2) is 0 Å². The first kappa shape index (κ1) is 25.4. The molecule has 3 nitrogen and oxygen atoms in total. The molecule has 180 valence electrons. The number of alkyl halides is 6. The number of carbonyl (C=O) groups excluding carboxylic acids is 1. The predicted molar refractivity (Wildman–Crippen MR) is 110 cm³/mol. The Bertz CT molecular complexity index is 974. The molecule has 0 aromatic heterocycles. The average molecular weight is 494 g/mol. The first-order valence-corrected chi connectivity index (χ1v) is 10.6. The molecule has 1 aliphatic heterocycles. The van der Waals surface area contributed by atoms with Crippen molar-refractivity contribution in [1.29, 1.82) is 0 Å². The molecule has 33 heavy (non-hydrogen) atoms. The van der Waals surface area contributed by atoms with Crippen molar-refractivity contribution in [3.8, 4) is 0 Å². The molecule has 3 rings (SSSR count). The zero-order chi connectivity index (χ0) is 24.4. The topological polar surface area (TPSA) is 29.5 Å². The molecule has 2 atom stereocenters. The molecule has 1 saturated heterocycles. The predicted octanol–water partition coefficient (Wildman–Crippen LogP) is 6.89. The number of nitrogens with zero attached hydrogens (tertiary/aromatic N) is 1. The summed E-state index contributed by atoms with van der Waals surface area (Å²) in [5.74, 6) is -0.517. The van der Waals surface area contributed by atoms with Crippen molar-refractivity contribution < 1.29 is 35.9 Å². The van der Waals surface area contributed by atoms with Gasteiger partial charge in [-0.25, -0.2) is 0 Å². The lowest BCUT2D eigenvalue weighted by molar-refractivity contribution is -0.142. The average Bonchev–Trinajstić information content (AvgIpc) is 2.73. The van der Waals surface area contributed by atoms with E-state index < -0.39 is 35.5 Å². The molecule has 0 amide bonds. The minimum atomic E-state index is -4.58. The van der Waals surface area contributed by atoms with Gasteiger partial charge in [-0.05, 0) is 66.8 Å². The Morgan fingerprint density at radius 2 is 1.73 bits per heavy atom. The molecule has 0 unspecified atom stereocenters. The lowest BCUT2D eigenvalue weighted by atomic mass is 9.84. The molecule has 10 heteroatoms. The summed E-state index contributed by atoms with van der Waals surface area (Å²) in [6.07, 6.45) is -8.02. The van der Waals surface area contributed by atoms with Crippen LogP contribution in [-0.4, -0.2) is 24.5 Å². The van der Waals surface area contributed by atoms with E-state index in [9.17, 15) is 31.1 Å². The molecule has 1 aliphatic rings. The van der Waals surface area contributed by atoms with Gasteiger partial charge in [-0.1, -0.05) is 23.7 Å². The standard InChI is InChI=1S/C23H22ClF6NO2/c1-33-21(32)11-14-8-9-31(13-16-12-18(24)6-7-19(16)23(28,29)30)20(10-14)15-2-4-17(5-3-15)22(25,26)27/h2-7,12,14,20H,8-11,13H2,1H3/t14-,20+/m0/s1. The van der Waals surface area contributed by atoms with Crippen molar-refractivity contribution in [3.05, 3.63) is 69.7 Å². The van der Waals surface area contributed by atoms with E-state index in [0.717, 1.165) is 18.2 Å². The summed E-state index contributed by atoms with van der Waals surface area (Å²) < 4.78 is 84.3. The maximum absolute atomic E-state index is 13.5. The fourth-order valence-corrected chi connectivity index (χ4v) is 4.40. The Morgan fingerprint density at radius 1 is 1.06 bits per heavy atom. The number of hydrogen-bond acceptors (Lipinski definition) is 3. The number of piperidine rings is 1. The number of methoxy groups -OCH3 is 1. The molecule has 0 aliphatic carbocycles. The van der Waals surface area contributed by atoms with Crippen LogP contribution in [0, 0.1) is 5.92 Å². The van der Waals surface area contributed by atoms with Crippen LogP contribution in [0.5, 0.6) is 0 Å². The van der Waals surface area contributed by atoms with Crippen LogP contribution in [0.1, 0.15) is 47.6 Å². The van der Waals surface area contributed by atoms with E-state index in [1.54, 1.807) is 4.90 Å². The van der Waals surface area contributed by atoms with E-state index in [1.807, 2.05) is 0 Å². The van der Waals surface area contributed by atoms with E-state index in [-0.39, 0.29) is 29.5 Å².